The fourth-order valence-corrected chi connectivity index (χ4v) is 5.13. The second kappa shape index (κ2) is 11.7. The predicted octanol–water partition coefficient (Wildman–Crippen LogP) is 3.61. The molecule has 2 saturated heterocycles. The van der Waals surface area contributed by atoms with Crippen molar-refractivity contribution in [1.82, 2.24) is 19.9 Å². The SMILES string of the molecule is C[C@@H]1CN(c2cc(F)c(-c3cnc(N(C)[C@@H]4CCOC4)nc3)cc2NC(=O)c2c[nH]c(=O)cc2C(F)(F)F)CCN1C. The number of hydrogen-bond donors (Lipinski definition) is 2. The number of nitrogens with one attached hydrogen (secondary N) is 2. The monoisotopic (exact) mass is 589 g/mol. The number of pyridine rings is 1. The summed E-state index contributed by atoms with van der Waals surface area (Å²) in [5.41, 5.74) is -2.32. The minimum absolute atomic E-state index is 0.0622. The summed E-state index contributed by atoms with van der Waals surface area (Å²) in [6.45, 7) is 4.86. The third-order valence-electron chi connectivity index (χ3n) is 7.83. The molecule has 10 nitrogen and oxygen atoms in total. The van der Waals surface area contributed by atoms with Crippen molar-refractivity contribution in [3.05, 3.63) is 64.1 Å². The predicted molar refractivity (Wildman–Crippen MR) is 149 cm³/mol. The molecular formula is C28H31F4N7O3. The van der Waals surface area contributed by atoms with Crippen molar-refractivity contribution in [1.29, 1.82) is 0 Å². The molecule has 4 heterocycles. The number of aromatic amines is 1. The molecule has 0 bridgehead atoms. The van der Waals surface area contributed by atoms with Gasteiger partial charge in [-0.3, -0.25) is 9.59 Å². The summed E-state index contributed by atoms with van der Waals surface area (Å²) in [5.74, 6) is -1.28. The minimum atomic E-state index is -4.94. The van der Waals surface area contributed by atoms with E-state index in [1.165, 1.54) is 24.5 Å². The van der Waals surface area contributed by atoms with Crippen LogP contribution in [0.4, 0.5) is 34.9 Å². The number of alkyl halides is 3. The molecule has 1 amide bonds. The van der Waals surface area contributed by atoms with Gasteiger partial charge in [-0.1, -0.05) is 0 Å². The number of likely N-dealkylation sites (N-methyl/N-ethyl adjacent to an activating group) is 2. The first-order chi connectivity index (χ1) is 19.9. The lowest BCUT2D eigenvalue weighted by Crippen LogP contribution is -2.50. The van der Waals surface area contributed by atoms with Gasteiger partial charge in [0.25, 0.3) is 5.91 Å². The molecule has 0 radical (unpaired) electrons. The average molecular weight is 590 g/mol. The molecular weight excluding hydrogens is 558 g/mol. The van der Waals surface area contributed by atoms with Gasteiger partial charge in [0.05, 0.1) is 35.2 Å². The van der Waals surface area contributed by atoms with Crippen molar-refractivity contribution in [3.8, 4) is 11.1 Å². The molecule has 224 valence electrons. The van der Waals surface area contributed by atoms with Crippen LogP contribution in [0.2, 0.25) is 0 Å². The number of anilines is 3. The number of amides is 1. The Kier molecular flexibility index (Phi) is 8.19. The Labute approximate surface area is 239 Å². The van der Waals surface area contributed by atoms with Gasteiger partial charge in [0.1, 0.15) is 5.82 Å². The van der Waals surface area contributed by atoms with Crippen LogP contribution in [-0.2, 0) is 10.9 Å². The van der Waals surface area contributed by atoms with Crippen LogP contribution in [0.5, 0.6) is 0 Å². The molecule has 0 unspecified atom stereocenters. The van der Waals surface area contributed by atoms with E-state index in [-0.39, 0.29) is 23.3 Å². The Hall–Kier alpha value is -4.04. The minimum Gasteiger partial charge on any atom is -0.379 e. The highest BCUT2D eigenvalue weighted by Gasteiger charge is 2.36. The van der Waals surface area contributed by atoms with Crippen molar-refractivity contribution >= 4 is 23.2 Å². The standard InChI is InChI=1S/C28H31F4N7O3/c1-16-14-39(6-5-37(16)2)24-10-22(29)19(17-11-34-27(35-12-17)38(3)18-4-7-42-15-18)8-23(24)36-26(41)20-13-33-25(40)9-21(20)28(30,31)32/h8-13,16,18H,4-7,14-15H2,1-3H3,(H,33,40)(H,36,41)/t16-,18-/m1/s1. The zero-order valence-corrected chi connectivity index (χ0v) is 23.3. The van der Waals surface area contributed by atoms with Crippen LogP contribution in [0.15, 0.2) is 41.6 Å². The molecule has 0 spiro atoms. The van der Waals surface area contributed by atoms with E-state index in [2.05, 4.69) is 25.2 Å². The first-order valence-electron chi connectivity index (χ1n) is 13.5. The molecule has 2 N–H and O–H groups in total. The maximum absolute atomic E-state index is 15.7. The van der Waals surface area contributed by atoms with Crippen LogP contribution in [0.25, 0.3) is 11.1 Å². The number of carbonyl (C=O) groups excluding carboxylic acids is 1. The molecule has 42 heavy (non-hydrogen) atoms. The van der Waals surface area contributed by atoms with Gasteiger partial charge in [-0.2, -0.15) is 13.2 Å². The topological polar surface area (TPSA) is 107 Å². The zero-order valence-electron chi connectivity index (χ0n) is 23.3. The van der Waals surface area contributed by atoms with E-state index in [0.717, 1.165) is 12.6 Å². The highest BCUT2D eigenvalue weighted by Crippen LogP contribution is 2.37. The molecule has 2 aliphatic heterocycles. The Morgan fingerprint density at radius 2 is 1.93 bits per heavy atom. The number of hydrogen-bond acceptors (Lipinski definition) is 8. The van der Waals surface area contributed by atoms with Crippen molar-refractivity contribution in [3.63, 3.8) is 0 Å². The van der Waals surface area contributed by atoms with E-state index in [4.69, 9.17) is 4.74 Å². The molecule has 2 fully saturated rings. The summed E-state index contributed by atoms with van der Waals surface area (Å²) in [7, 11) is 3.81. The smallest absolute Gasteiger partial charge is 0.379 e. The third-order valence-corrected chi connectivity index (χ3v) is 7.83. The van der Waals surface area contributed by atoms with Crippen LogP contribution in [0.1, 0.15) is 29.3 Å². The summed E-state index contributed by atoms with van der Waals surface area (Å²) >= 11 is 0. The van der Waals surface area contributed by atoms with Crippen molar-refractivity contribution in [2.75, 3.05) is 62.1 Å². The Morgan fingerprint density at radius 3 is 2.57 bits per heavy atom. The van der Waals surface area contributed by atoms with Crippen LogP contribution in [0, 0.1) is 5.82 Å². The van der Waals surface area contributed by atoms with Gasteiger partial charge >= 0.3 is 6.18 Å². The third kappa shape index (κ3) is 6.09. The maximum atomic E-state index is 15.7. The van der Waals surface area contributed by atoms with E-state index < -0.39 is 34.6 Å². The Morgan fingerprint density at radius 1 is 1.19 bits per heavy atom. The van der Waals surface area contributed by atoms with Crippen molar-refractivity contribution in [2.45, 2.75) is 31.6 Å². The number of rotatable bonds is 6. The molecule has 2 aromatic heterocycles. The highest BCUT2D eigenvalue weighted by molar-refractivity contribution is 6.07. The van der Waals surface area contributed by atoms with Crippen LogP contribution < -0.4 is 20.7 Å². The largest absolute Gasteiger partial charge is 0.417 e. The first kappa shape index (κ1) is 29.5. The number of ether oxygens (including phenoxy) is 1. The second-order valence-electron chi connectivity index (χ2n) is 10.6. The summed E-state index contributed by atoms with van der Waals surface area (Å²) in [5, 5.41) is 2.54. The van der Waals surface area contributed by atoms with E-state index in [1.54, 1.807) is 0 Å². The number of halogens is 4. The summed E-state index contributed by atoms with van der Waals surface area (Å²) < 4.78 is 62.1. The van der Waals surface area contributed by atoms with Crippen molar-refractivity contribution < 1.29 is 27.1 Å². The summed E-state index contributed by atoms with van der Waals surface area (Å²) in [6, 6.07) is 3.19. The van der Waals surface area contributed by atoms with Gasteiger partial charge in [0.15, 0.2) is 0 Å². The van der Waals surface area contributed by atoms with E-state index in [1.807, 2.05) is 30.8 Å². The fourth-order valence-electron chi connectivity index (χ4n) is 5.13. The van der Waals surface area contributed by atoms with Gasteiger partial charge in [0, 0.05) is 75.1 Å². The number of aromatic nitrogens is 3. The molecule has 0 aliphatic carbocycles. The van der Waals surface area contributed by atoms with Crippen molar-refractivity contribution in [2.24, 2.45) is 0 Å². The molecule has 2 aliphatic rings. The molecule has 2 atom stereocenters. The number of nitrogens with zero attached hydrogens (tertiary/aromatic N) is 5. The maximum Gasteiger partial charge on any atom is 0.417 e. The van der Waals surface area contributed by atoms with E-state index in [9.17, 15) is 22.8 Å². The molecule has 14 heteroatoms. The van der Waals surface area contributed by atoms with E-state index in [0.29, 0.717) is 56.1 Å². The van der Waals surface area contributed by atoms with Gasteiger partial charge in [-0.05, 0) is 32.5 Å². The molecule has 1 aromatic carbocycles. The van der Waals surface area contributed by atoms with Gasteiger partial charge < -0.3 is 29.7 Å². The molecule has 3 aromatic rings. The molecule has 0 saturated carbocycles. The lowest BCUT2D eigenvalue weighted by atomic mass is 10.0. The second-order valence-corrected chi connectivity index (χ2v) is 10.6. The lowest BCUT2D eigenvalue weighted by Gasteiger charge is -2.39. The highest BCUT2D eigenvalue weighted by atomic mass is 19.4. The fraction of sp³-hybridized carbons (Fsp3) is 0.429. The summed E-state index contributed by atoms with van der Waals surface area (Å²) in [4.78, 5) is 41.6. The van der Waals surface area contributed by atoms with Crippen LogP contribution in [0.3, 0.4) is 0 Å². The summed E-state index contributed by atoms with van der Waals surface area (Å²) in [6.07, 6.45) is -0.473. The quantitative estimate of drug-likeness (QED) is 0.421. The van der Waals surface area contributed by atoms with E-state index >= 15 is 4.39 Å². The van der Waals surface area contributed by atoms with Crippen LogP contribution >= 0.6 is 0 Å². The Bertz CT molecular complexity index is 1510. The average Bonchev–Trinajstić information content (AvgIpc) is 3.50. The zero-order chi connectivity index (χ0) is 30.2. The number of carbonyl (C=O) groups is 1. The Balaban J connectivity index is 1.52. The van der Waals surface area contributed by atoms with Crippen LogP contribution in [-0.4, -0.2) is 84.8 Å². The number of H-pyrrole nitrogens is 1. The number of piperazine rings is 1. The first-order valence-corrected chi connectivity index (χ1v) is 13.5. The van der Waals surface area contributed by atoms with Gasteiger partial charge in [-0.15, -0.1) is 0 Å². The lowest BCUT2D eigenvalue weighted by molar-refractivity contribution is -0.138. The van der Waals surface area contributed by atoms with Gasteiger partial charge in [-0.25, -0.2) is 14.4 Å². The normalized spacial score (nSPS) is 19.6. The molecule has 5 rings (SSSR count). The van der Waals surface area contributed by atoms with Gasteiger partial charge in [0.2, 0.25) is 11.5 Å². The number of benzene rings is 1.